The first-order valence-electron chi connectivity index (χ1n) is 7.02. The number of carbonyl (C=O) groups is 1. The molecule has 1 unspecified atom stereocenters. The second-order valence-electron chi connectivity index (χ2n) is 5.48. The molecule has 4 N–H and O–H groups in total. The minimum Gasteiger partial charge on any atom is -0.326 e. The van der Waals surface area contributed by atoms with E-state index in [1.165, 1.54) is 12.1 Å². The molecule has 2 rings (SSSR count). The van der Waals surface area contributed by atoms with Crippen molar-refractivity contribution in [2.45, 2.75) is 31.1 Å². The van der Waals surface area contributed by atoms with Crippen LogP contribution >= 0.6 is 0 Å². The molecule has 1 saturated heterocycles. The van der Waals surface area contributed by atoms with Crippen LogP contribution < -0.4 is 15.8 Å². The lowest BCUT2D eigenvalue weighted by atomic mass is 9.81. The lowest BCUT2D eigenvalue weighted by Crippen LogP contribution is -2.38. The van der Waals surface area contributed by atoms with Crippen LogP contribution in [0.3, 0.4) is 0 Å². The molecule has 1 fully saturated rings. The predicted molar refractivity (Wildman–Crippen MR) is 81.3 cm³/mol. The van der Waals surface area contributed by atoms with Gasteiger partial charge in [-0.3, -0.25) is 4.79 Å². The number of hydrogen-bond donors (Lipinski definition) is 3. The minimum absolute atomic E-state index is 0.0160. The summed E-state index contributed by atoms with van der Waals surface area (Å²) < 4.78 is 22.4. The van der Waals surface area contributed by atoms with Crippen molar-refractivity contribution in [1.29, 1.82) is 0 Å². The smallest absolute Gasteiger partial charge is 0.238 e. The molecule has 1 aliphatic rings. The van der Waals surface area contributed by atoms with Gasteiger partial charge in [-0.1, -0.05) is 13.3 Å². The largest absolute Gasteiger partial charge is 0.326 e. The number of hydrogen-bond acceptors (Lipinski definition) is 4. The second-order valence-corrected chi connectivity index (χ2v) is 7.04. The topological polar surface area (TPSA) is 101 Å². The van der Waals surface area contributed by atoms with E-state index in [9.17, 15) is 13.2 Å². The quantitative estimate of drug-likeness (QED) is 0.756. The van der Waals surface area contributed by atoms with E-state index < -0.39 is 10.0 Å². The van der Waals surface area contributed by atoms with E-state index in [1.54, 1.807) is 12.1 Å². The molecule has 1 aromatic rings. The van der Waals surface area contributed by atoms with Gasteiger partial charge in [-0.25, -0.2) is 13.6 Å². The van der Waals surface area contributed by atoms with Gasteiger partial charge in [0.05, 0.1) is 10.3 Å². The first-order chi connectivity index (χ1) is 9.87. The number of benzene rings is 1. The van der Waals surface area contributed by atoms with Gasteiger partial charge in [-0.2, -0.15) is 0 Å². The van der Waals surface area contributed by atoms with Crippen LogP contribution in [0, 0.1) is 5.41 Å². The van der Waals surface area contributed by atoms with Crippen LogP contribution in [0.1, 0.15) is 26.2 Å². The van der Waals surface area contributed by atoms with Crippen LogP contribution in [0.25, 0.3) is 0 Å². The van der Waals surface area contributed by atoms with Gasteiger partial charge in [0, 0.05) is 12.2 Å². The molecular weight excluding hydrogens is 290 g/mol. The van der Waals surface area contributed by atoms with Crippen LogP contribution in [0.4, 0.5) is 5.69 Å². The highest BCUT2D eigenvalue weighted by Crippen LogP contribution is 2.32. The van der Waals surface area contributed by atoms with E-state index in [1.807, 2.05) is 0 Å². The lowest BCUT2D eigenvalue weighted by Gasteiger charge is -2.26. The van der Waals surface area contributed by atoms with Crippen LogP contribution in [0.2, 0.25) is 0 Å². The summed E-state index contributed by atoms with van der Waals surface area (Å²) in [6.07, 6.45) is 2.60. The number of amides is 1. The van der Waals surface area contributed by atoms with E-state index in [2.05, 4.69) is 17.6 Å². The highest BCUT2D eigenvalue weighted by molar-refractivity contribution is 7.89. The first-order valence-corrected chi connectivity index (χ1v) is 8.57. The third-order valence-electron chi connectivity index (χ3n) is 3.89. The molecule has 1 aromatic carbocycles. The van der Waals surface area contributed by atoms with Crippen molar-refractivity contribution in [3.05, 3.63) is 24.3 Å². The molecule has 0 spiro atoms. The van der Waals surface area contributed by atoms with Crippen molar-refractivity contribution < 1.29 is 13.2 Å². The summed E-state index contributed by atoms with van der Waals surface area (Å²) in [5.74, 6) is -0.0160. The van der Waals surface area contributed by atoms with Crippen molar-refractivity contribution >= 4 is 21.6 Å². The SMILES string of the molecule is CCCC1(C(=O)Nc2ccc(S(N)(=O)=O)cc2)CCNC1. The number of carbonyl (C=O) groups excluding carboxylic acids is 1. The van der Waals surface area contributed by atoms with Crippen molar-refractivity contribution in [2.24, 2.45) is 10.6 Å². The third-order valence-corrected chi connectivity index (χ3v) is 4.82. The average molecular weight is 311 g/mol. The number of primary sulfonamides is 1. The molecule has 0 radical (unpaired) electrons. The number of rotatable bonds is 5. The second kappa shape index (κ2) is 6.13. The molecular formula is C14H21N3O3S. The molecule has 0 saturated carbocycles. The molecule has 116 valence electrons. The molecule has 0 aromatic heterocycles. The minimum atomic E-state index is -3.71. The van der Waals surface area contributed by atoms with Crippen molar-refractivity contribution in [2.75, 3.05) is 18.4 Å². The Bertz CT molecular complexity index is 605. The zero-order chi connectivity index (χ0) is 15.5. The van der Waals surface area contributed by atoms with Crippen LogP contribution in [0.5, 0.6) is 0 Å². The molecule has 1 amide bonds. The summed E-state index contributed by atoms with van der Waals surface area (Å²) in [7, 11) is -3.71. The first kappa shape index (κ1) is 15.9. The monoisotopic (exact) mass is 311 g/mol. The van der Waals surface area contributed by atoms with Gasteiger partial charge in [0.1, 0.15) is 0 Å². The van der Waals surface area contributed by atoms with Gasteiger partial charge in [-0.15, -0.1) is 0 Å². The number of sulfonamides is 1. The van der Waals surface area contributed by atoms with Crippen molar-refractivity contribution in [3.63, 3.8) is 0 Å². The molecule has 1 heterocycles. The highest BCUT2D eigenvalue weighted by atomic mass is 32.2. The average Bonchev–Trinajstić information content (AvgIpc) is 2.89. The van der Waals surface area contributed by atoms with E-state index in [4.69, 9.17) is 5.14 Å². The van der Waals surface area contributed by atoms with Crippen LogP contribution in [-0.2, 0) is 14.8 Å². The zero-order valence-corrected chi connectivity index (χ0v) is 12.9. The van der Waals surface area contributed by atoms with Gasteiger partial charge in [0.2, 0.25) is 15.9 Å². The van der Waals surface area contributed by atoms with Crippen LogP contribution in [0.15, 0.2) is 29.2 Å². The maximum absolute atomic E-state index is 12.5. The fraction of sp³-hybridized carbons (Fsp3) is 0.500. The summed E-state index contributed by atoms with van der Waals surface area (Å²) in [6, 6.07) is 5.90. The van der Waals surface area contributed by atoms with Crippen molar-refractivity contribution in [1.82, 2.24) is 5.32 Å². The fourth-order valence-electron chi connectivity index (χ4n) is 2.73. The zero-order valence-electron chi connectivity index (χ0n) is 12.1. The summed E-state index contributed by atoms with van der Waals surface area (Å²) in [5.41, 5.74) is 0.211. The Kier molecular flexibility index (Phi) is 4.65. The van der Waals surface area contributed by atoms with E-state index in [0.29, 0.717) is 12.2 Å². The Balaban J connectivity index is 2.12. The molecule has 7 heteroatoms. The Hall–Kier alpha value is -1.44. The number of nitrogens with two attached hydrogens (primary N) is 1. The van der Waals surface area contributed by atoms with Gasteiger partial charge in [0.25, 0.3) is 0 Å². The normalized spacial score (nSPS) is 22.2. The molecule has 1 aliphatic heterocycles. The molecule has 1 atom stereocenters. The maximum Gasteiger partial charge on any atom is 0.238 e. The van der Waals surface area contributed by atoms with E-state index >= 15 is 0 Å². The molecule has 0 aliphatic carbocycles. The third kappa shape index (κ3) is 3.61. The Morgan fingerprint density at radius 2 is 2.05 bits per heavy atom. The van der Waals surface area contributed by atoms with Gasteiger partial charge < -0.3 is 10.6 Å². The fourth-order valence-corrected chi connectivity index (χ4v) is 3.25. The summed E-state index contributed by atoms with van der Waals surface area (Å²) in [6.45, 7) is 3.59. The van der Waals surface area contributed by atoms with Crippen molar-refractivity contribution in [3.8, 4) is 0 Å². The summed E-state index contributed by atoms with van der Waals surface area (Å²) in [4.78, 5) is 12.5. The Morgan fingerprint density at radius 1 is 1.38 bits per heavy atom. The lowest BCUT2D eigenvalue weighted by molar-refractivity contribution is -0.125. The summed E-state index contributed by atoms with van der Waals surface area (Å²) >= 11 is 0. The number of nitrogens with one attached hydrogen (secondary N) is 2. The van der Waals surface area contributed by atoms with Gasteiger partial charge in [-0.05, 0) is 43.7 Å². The summed E-state index contributed by atoms with van der Waals surface area (Å²) in [5, 5.41) is 11.2. The standard InChI is InChI=1S/C14H21N3O3S/c1-2-7-14(8-9-16-10-14)13(18)17-11-3-5-12(6-4-11)21(15,19)20/h3-6,16H,2,7-10H2,1H3,(H,17,18)(H2,15,19,20). The molecule has 0 bridgehead atoms. The molecule has 21 heavy (non-hydrogen) atoms. The van der Waals surface area contributed by atoms with Gasteiger partial charge >= 0.3 is 0 Å². The number of anilines is 1. The maximum atomic E-state index is 12.5. The Labute approximate surface area is 125 Å². The Morgan fingerprint density at radius 3 is 2.52 bits per heavy atom. The van der Waals surface area contributed by atoms with E-state index in [0.717, 1.165) is 25.8 Å². The van der Waals surface area contributed by atoms with Crippen LogP contribution in [-0.4, -0.2) is 27.4 Å². The van der Waals surface area contributed by atoms with E-state index in [-0.39, 0.29) is 16.2 Å². The predicted octanol–water partition coefficient (Wildman–Crippen LogP) is 1.05. The van der Waals surface area contributed by atoms with Gasteiger partial charge in [0.15, 0.2) is 0 Å². The highest BCUT2D eigenvalue weighted by Gasteiger charge is 2.40. The molecule has 6 nitrogen and oxygen atoms in total.